The van der Waals surface area contributed by atoms with Crippen LogP contribution < -0.4 is 0 Å². The third-order valence-electron chi connectivity index (χ3n) is 2.50. The van der Waals surface area contributed by atoms with Crippen molar-refractivity contribution < 1.29 is 10.2 Å². The second kappa shape index (κ2) is 3.44. The van der Waals surface area contributed by atoms with Gasteiger partial charge in [0.25, 0.3) is 0 Å². The van der Waals surface area contributed by atoms with Gasteiger partial charge in [-0.15, -0.1) is 0 Å². The molecule has 0 aliphatic rings. The zero-order chi connectivity index (χ0) is 10.1. The van der Waals surface area contributed by atoms with Gasteiger partial charge in [0.2, 0.25) is 0 Å². The fourth-order valence-corrected chi connectivity index (χ4v) is 1.72. The Morgan fingerprint density at radius 1 is 1.36 bits per heavy atom. The Hall–Kier alpha value is -1.32. The van der Waals surface area contributed by atoms with Gasteiger partial charge in [0.1, 0.15) is 6.10 Å². The molecule has 1 heterocycles. The molecule has 0 bridgehead atoms. The van der Waals surface area contributed by atoms with Crippen LogP contribution in [0, 0.1) is 0 Å². The van der Waals surface area contributed by atoms with Gasteiger partial charge in [0.15, 0.2) is 0 Å². The number of hydrogen-bond acceptors (Lipinski definition) is 2. The standard InChI is InChI=1S/C11H13NO2/c1-12-9-5-3-2-4-8(9)6-10(12)11(14)7-13/h2-6,11,13-14H,7H2,1H3/t11-/m1/s1. The number of nitrogens with zero attached hydrogens (tertiary/aromatic N) is 1. The van der Waals surface area contributed by atoms with E-state index in [1.165, 1.54) is 0 Å². The van der Waals surface area contributed by atoms with E-state index in [1.54, 1.807) is 0 Å². The van der Waals surface area contributed by atoms with Crippen molar-refractivity contribution in [2.24, 2.45) is 7.05 Å². The van der Waals surface area contributed by atoms with Gasteiger partial charge < -0.3 is 14.8 Å². The number of benzene rings is 1. The van der Waals surface area contributed by atoms with Crippen LogP contribution in [-0.2, 0) is 7.05 Å². The quantitative estimate of drug-likeness (QED) is 0.749. The van der Waals surface area contributed by atoms with Crippen molar-refractivity contribution in [3.8, 4) is 0 Å². The molecule has 3 nitrogen and oxygen atoms in total. The average Bonchev–Trinajstić information content (AvgIpc) is 2.56. The molecule has 0 aliphatic heterocycles. The van der Waals surface area contributed by atoms with Crippen LogP contribution >= 0.6 is 0 Å². The van der Waals surface area contributed by atoms with Gasteiger partial charge in [-0.1, -0.05) is 18.2 Å². The van der Waals surface area contributed by atoms with Crippen molar-refractivity contribution in [2.45, 2.75) is 6.10 Å². The molecule has 14 heavy (non-hydrogen) atoms. The van der Waals surface area contributed by atoms with Gasteiger partial charge >= 0.3 is 0 Å². The molecule has 0 spiro atoms. The molecule has 3 heteroatoms. The van der Waals surface area contributed by atoms with Crippen molar-refractivity contribution >= 4 is 10.9 Å². The molecule has 0 saturated heterocycles. The predicted molar refractivity (Wildman–Crippen MR) is 55.0 cm³/mol. The maximum Gasteiger partial charge on any atom is 0.117 e. The summed E-state index contributed by atoms with van der Waals surface area (Å²) >= 11 is 0. The van der Waals surface area contributed by atoms with E-state index in [1.807, 2.05) is 41.9 Å². The molecular weight excluding hydrogens is 178 g/mol. The first-order chi connectivity index (χ1) is 6.74. The third kappa shape index (κ3) is 1.31. The highest BCUT2D eigenvalue weighted by Gasteiger charge is 2.12. The number of para-hydroxylation sites is 1. The van der Waals surface area contributed by atoms with Gasteiger partial charge in [0, 0.05) is 18.3 Å². The third-order valence-corrected chi connectivity index (χ3v) is 2.50. The lowest BCUT2D eigenvalue weighted by atomic mass is 10.2. The highest BCUT2D eigenvalue weighted by Crippen LogP contribution is 2.22. The topological polar surface area (TPSA) is 45.4 Å². The Morgan fingerprint density at radius 2 is 2.07 bits per heavy atom. The fraction of sp³-hybridized carbons (Fsp3) is 0.273. The molecule has 0 radical (unpaired) electrons. The van der Waals surface area contributed by atoms with Crippen molar-refractivity contribution in [1.82, 2.24) is 4.57 Å². The number of aryl methyl sites for hydroxylation is 1. The maximum atomic E-state index is 9.54. The molecule has 2 rings (SSSR count). The Labute approximate surface area is 82.2 Å². The molecule has 0 amide bonds. The van der Waals surface area contributed by atoms with Crippen LogP contribution in [0.2, 0.25) is 0 Å². The monoisotopic (exact) mass is 191 g/mol. The van der Waals surface area contributed by atoms with E-state index in [-0.39, 0.29) is 6.61 Å². The molecule has 0 aliphatic carbocycles. The van der Waals surface area contributed by atoms with Crippen molar-refractivity contribution in [3.63, 3.8) is 0 Å². The minimum atomic E-state index is -0.799. The second-order valence-corrected chi connectivity index (χ2v) is 3.39. The van der Waals surface area contributed by atoms with Crippen LogP contribution in [-0.4, -0.2) is 21.4 Å². The number of aromatic nitrogens is 1. The summed E-state index contributed by atoms with van der Waals surface area (Å²) in [7, 11) is 1.89. The van der Waals surface area contributed by atoms with Crippen LogP contribution in [0.5, 0.6) is 0 Å². The van der Waals surface area contributed by atoms with Gasteiger partial charge in [-0.25, -0.2) is 0 Å². The van der Waals surface area contributed by atoms with Crippen LogP contribution in [0.4, 0.5) is 0 Å². The van der Waals surface area contributed by atoms with Crippen LogP contribution in [0.3, 0.4) is 0 Å². The molecule has 0 unspecified atom stereocenters. The van der Waals surface area contributed by atoms with Crippen molar-refractivity contribution in [3.05, 3.63) is 36.0 Å². The van der Waals surface area contributed by atoms with Crippen LogP contribution in [0.15, 0.2) is 30.3 Å². The highest BCUT2D eigenvalue weighted by molar-refractivity contribution is 5.81. The Bertz CT molecular complexity index is 447. The summed E-state index contributed by atoms with van der Waals surface area (Å²) in [5, 5.41) is 19.5. The number of aliphatic hydroxyl groups excluding tert-OH is 2. The predicted octanol–water partition coefficient (Wildman–Crippen LogP) is 1.20. The normalized spacial score (nSPS) is 13.4. The lowest BCUT2D eigenvalue weighted by molar-refractivity contribution is 0.0903. The Kier molecular flexibility index (Phi) is 2.27. The zero-order valence-electron chi connectivity index (χ0n) is 8.01. The highest BCUT2D eigenvalue weighted by atomic mass is 16.3. The molecule has 0 saturated carbocycles. The summed E-state index contributed by atoms with van der Waals surface area (Å²) in [5.41, 5.74) is 1.81. The van der Waals surface area contributed by atoms with Gasteiger partial charge in [-0.2, -0.15) is 0 Å². The summed E-state index contributed by atoms with van der Waals surface area (Å²) < 4.78 is 1.90. The zero-order valence-corrected chi connectivity index (χ0v) is 8.01. The lowest BCUT2D eigenvalue weighted by Crippen LogP contribution is -2.07. The van der Waals surface area contributed by atoms with E-state index in [9.17, 15) is 5.11 Å². The summed E-state index contributed by atoms with van der Waals surface area (Å²) in [4.78, 5) is 0. The van der Waals surface area contributed by atoms with E-state index in [0.29, 0.717) is 0 Å². The smallest absolute Gasteiger partial charge is 0.117 e. The van der Waals surface area contributed by atoms with Crippen LogP contribution in [0.1, 0.15) is 11.8 Å². The van der Waals surface area contributed by atoms with Gasteiger partial charge in [0.05, 0.1) is 6.61 Å². The molecular formula is C11H13NO2. The van der Waals surface area contributed by atoms with E-state index in [4.69, 9.17) is 5.11 Å². The van der Waals surface area contributed by atoms with Gasteiger partial charge in [-0.3, -0.25) is 0 Å². The Balaban J connectivity index is 2.62. The first kappa shape index (κ1) is 9.24. The van der Waals surface area contributed by atoms with Crippen molar-refractivity contribution in [2.75, 3.05) is 6.61 Å². The molecule has 2 N–H and O–H groups in total. The first-order valence-electron chi connectivity index (χ1n) is 4.57. The summed E-state index contributed by atoms with van der Waals surface area (Å²) in [6.45, 7) is -0.246. The summed E-state index contributed by atoms with van der Waals surface area (Å²) in [5.74, 6) is 0. The first-order valence-corrected chi connectivity index (χ1v) is 4.57. The fourth-order valence-electron chi connectivity index (χ4n) is 1.72. The van der Waals surface area contributed by atoms with Gasteiger partial charge in [-0.05, 0) is 17.5 Å². The number of rotatable bonds is 2. The SMILES string of the molecule is Cn1c([C@H](O)CO)cc2ccccc21. The van der Waals surface area contributed by atoms with E-state index >= 15 is 0 Å². The van der Waals surface area contributed by atoms with E-state index in [2.05, 4.69) is 0 Å². The molecule has 1 aromatic heterocycles. The minimum Gasteiger partial charge on any atom is -0.393 e. The number of aliphatic hydroxyl groups is 2. The molecule has 1 atom stereocenters. The summed E-state index contributed by atoms with van der Waals surface area (Å²) in [6.07, 6.45) is -0.799. The Morgan fingerprint density at radius 3 is 2.71 bits per heavy atom. The molecule has 2 aromatic rings. The molecule has 1 aromatic carbocycles. The number of fused-ring (bicyclic) bond motifs is 1. The maximum absolute atomic E-state index is 9.54. The molecule has 74 valence electrons. The average molecular weight is 191 g/mol. The largest absolute Gasteiger partial charge is 0.393 e. The number of hydrogen-bond donors (Lipinski definition) is 2. The van der Waals surface area contributed by atoms with E-state index in [0.717, 1.165) is 16.6 Å². The van der Waals surface area contributed by atoms with Crippen molar-refractivity contribution in [1.29, 1.82) is 0 Å². The van der Waals surface area contributed by atoms with E-state index < -0.39 is 6.10 Å². The lowest BCUT2D eigenvalue weighted by Gasteiger charge is -2.08. The molecule has 0 fully saturated rings. The minimum absolute atomic E-state index is 0.246. The van der Waals surface area contributed by atoms with Crippen LogP contribution in [0.25, 0.3) is 10.9 Å². The second-order valence-electron chi connectivity index (χ2n) is 3.39. The summed E-state index contributed by atoms with van der Waals surface area (Å²) in [6, 6.07) is 9.79.